The van der Waals surface area contributed by atoms with Crippen molar-refractivity contribution in [1.82, 2.24) is 9.88 Å². The van der Waals surface area contributed by atoms with Crippen LogP contribution in [0.1, 0.15) is 31.0 Å². The average molecular weight is 348 g/mol. The fourth-order valence-corrected chi connectivity index (χ4v) is 4.02. The summed E-state index contributed by atoms with van der Waals surface area (Å²) in [6, 6.07) is 18.3. The third-order valence-corrected chi connectivity index (χ3v) is 5.00. The molecule has 4 nitrogen and oxygen atoms in total. The van der Waals surface area contributed by atoms with Gasteiger partial charge in [-0.2, -0.15) is 0 Å². The minimum atomic E-state index is -0.0311. The molecular formula is C22H24N2O2. The summed E-state index contributed by atoms with van der Waals surface area (Å²) >= 11 is 0. The SMILES string of the molecule is CC1CN(C(c2ccccc2)c2ccc3cccnc3c2O)CC(C)O1. The van der Waals surface area contributed by atoms with Crippen LogP contribution >= 0.6 is 0 Å². The molecule has 0 aliphatic carbocycles. The molecule has 1 N–H and O–H groups in total. The Morgan fingerprint density at radius 1 is 1.00 bits per heavy atom. The Bertz CT molecular complexity index is 887. The van der Waals surface area contributed by atoms with E-state index in [0.717, 1.165) is 24.0 Å². The van der Waals surface area contributed by atoms with Gasteiger partial charge in [-0.25, -0.2) is 0 Å². The molecule has 1 aliphatic rings. The molecule has 2 heterocycles. The lowest BCUT2D eigenvalue weighted by atomic mass is 9.94. The quantitative estimate of drug-likeness (QED) is 0.773. The van der Waals surface area contributed by atoms with Gasteiger partial charge in [0.1, 0.15) is 11.3 Å². The fourth-order valence-electron chi connectivity index (χ4n) is 4.02. The van der Waals surface area contributed by atoms with Gasteiger partial charge < -0.3 is 9.84 Å². The van der Waals surface area contributed by atoms with Gasteiger partial charge in [-0.15, -0.1) is 0 Å². The van der Waals surface area contributed by atoms with Crippen molar-refractivity contribution in [3.05, 3.63) is 71.9 Å². The van der Waals surface area contributed by atoms with Crippen LogP contribution in [0.15, 0.2) is 60.8 Å². The van der Waals surface area contributed by atoms with E-state index in [0.29, 0.717) is 5.52 Å². The lowest BCUT2D eigenvalue weighted by Crippen LogP contribution is -2.47. The zero-order chi connectivity index (χ0) is 18.1. The summed E-state index contributed by atoms with van der Waals surface area (Å²) in [6.07, 6.45) is 2.04. The molecule has 0 bridgehead atoms. The molecule has 0 amide bonds. The summed E-state index contributed by atoms with van der Waals surface area (Å²) in [4.78, 5) is 6.80. The summed E-state index contributed by atoms with van der Waals surface area (Å²) < 4.78 is 5.92. The number of nitrogens with zero attached hydrogens (tertiary/aromatic N) is 2. The maximum absolute atomic E-state index is 11.0. The van der Waals surface area contributed by atoms with Crippen LogP contribution in [0.2, 0.25) is 0 Å². The molecule has 0 saturated carbocycles. The number of aromatic hydroxyl groups is 1. The molecular weight excluding hydrogens is 324 g/mol. The van der Waals surface area contributed by atoms with Crippen molar-refractivity contribution in [3.63, 3.8) is 0 Å². The van der Waals surface area contributed by atoms with Crippen LogP contribution in [-0.4, -0.2) is 40.3 Å². The average Bonchev–Trinajstić information content (AvgIpc) is 2.64. The van der Waals surface area contributed by atoms with E-state index >= 15 is 0 Å². The molecule has 3 unspecified atom stereocenters. The van der Waals surface area contributed by atoms with Gasteiger partial charge in [0.05, 0.1) is 18.2 Å². The van der Waals surface area contributed by atoms with Crippen molar-refractivity contribution >= 4 is 10.9 Å². The van der Waals surface area contributed by atoms with Gasteiger partial charge in [0.25, 0.3) is 0 Å². The van der Waals surface area contributed by atoms with Gasteiger partial charge in [0.2, 0.25) is 0 Å². The van der Waals surface area contributed by atoms with Gasteiger partial charge in [0.15, 0.2) is 0 Å². The maximum Gasteiger partial charge on any atom is 0.146 e. The van der Waals surface area contributed by atoms with Crippen LogP contribution in [0.4, 0.5) is 0 Å². The first kappa shape index (κ1) is 17.0. The normalized spacial score (nSPS) is 22.4. The largest absolute Gasteiger partial charge is 0.505 e. The fraction of sp³-hybridized carbons (Fsp3) is 0.318. The Balaban J connectivity index is 1.85. The second-order valence-corrected chi connectivity index (χ2v) is 7.10. The van der Waals surface area contributed by atoms with Crippen LogP contribution in [-0.2, 0) is 4.74 Å². The first-order valence-corrected chi connectivity index (χ1v) is 9.14. The number of hydrogen-bond donors (Lipinski definition) is 1. The molecule has 1 saturated heterocycles. The van der Waals surface area contributed by atoms with Gasteiger partial charge in [-0.3, -0.25) is 9.88 Å². The molecule has 1 aliphatic heterocycles. The lowest BCUT2D eigenvalue weighted by Gasteiger charge is -2.40. The topological polar surface area (TPSA) is 45.6 Å². The van der Waals surface area contributed by atoms with E-state index in [-0.39, 0.29) is 24.0 Å². The minimum absolute atomic E-state index is 0.0311. The van der Waals surface area contributed by atoms with Crippen LogP contribution in [0.5, 0.6) is 5.75 Å². The van der Waals surface area contributed by atoms with E-state index in [1.54, 1.807) is 6.20 Å². The Morgan fingerprint density at radius 3 is 2.46 bits per heavy atom. The number of rotatable bonds is 3. The molecule has 4 heteroatoms. The van der Waals surface area contributed by atoms with Crippen LogP contribution < -0.4 is 0 Å². The maximum atomic E-state index is 11.0. The zero-order valence-electron chi connectivity index (χ0n) is 15.2. The van der Waals surface area contributed by atoms with Gasteiger partial charge in [0, 0.05) is 30.2 Å². The molecule has 134 valence electrons. The number of hydrogen-bond acceptors (Lipinski definition) is 4. The Labute approximate surface area is 154 Å². The van der Waals surface area contributed by atoms with Crippen molar-refractivity contribution in [2.75, 3.05) is 13.1 Å². The molecule has 0 spiro atoms. The van der Waals surface area contributed by atoms with Crippen molar-refractivity contribution in [2.24, 2.45) is 0 Å². The van der Waals surface area contributed by atoms with Crippen molar-refractivity contribution in [3.8, 4) is 5.75 Å². The second-order valence-electron chi connectivity index (χ2n) is 7.10. The first-order chi connectivity index (χ1) is 12.6. The van der Waals surface area contributed by atoms with Crippen molar-refractivity contribution < 1.29 is 9.84 Å². The van der Waals surface area contributed by atoms with E-state index in [2.05, 4.69) is 35.9 Å². The minimum Gasteiger partial charge on any atom is -0.505 e. The number of fused-ring (bicyclic) bond motifs is 1. The number of phenolic OH excluding ortho intramolecular Hbond substituents is 1. The lowest BCUT2D eigenvalue weighted by molar-refractivity contribution is -0.0767. The second kappa shape index (κ2) is 7.06. The van der Waals surface area contributed by atoms with Gasteiger partial charge in [-0.05, 0) is 25.5 Å². The predicted molar refractivity (Wildman–Crippen MR) is 103 cm³/mol. The monoisotopic (exact) mass is 348 g/mol. The summed E-state index contributed by atoms with van der Waals surface area (Å²) in [6.45, 7) is 5.85. The molecule has 26 heavy (non-hydrogen) atoms. The summed E-state index contributed by atoms with van der Waals surface area (Å²) in [7, 11) is 0. The Hall–Kier alpha value is -2.43. The number of pyridine rings is 1. The third kappa shape index (κ3) is 3.18. The Morgan fingerprint density at radius 2 is 1.73 bits per heavy atom. The number of morpholine rings is 1. The standard InChI is InChI=1S/C22H24N2O2/c1-15-13-24(14-16(2)26-15)21(18-7-4-3-5-8-18)19-11-10-17-9-6-12-23-20(17)22(19)25/h3-12,15-16,21,25H,13-14H2,1-2H3. The summed E-state index contributed by atoms with van der Waals surface area (Å²) in [5.74, 6) is 0.267. The van der Waals surface area contributed by atoms with Crippen LogP contribution in [0.3, 0.4) is 0 Å². The summed E-state index contributed by atoms with van der Waals surface area (Å²) in [5.41, 5.74) is 2.71. The Kier molecular flexibility index (Phi) is 4.62. The molecule has 2 aromatic carbocycles. The van der Waals surface area contributed by atoms with Gasteiger partial charge >= 0.3 is 0 Å². The van der Waals surface area contributed by atoms with E-state index in [4.69, 9.17) is 4.74 Å². The smallest absolute Gasteiger partial charge is 0.146 e. The highest BCUT2D eigenvalue weighted by molar-refractivity contribution is 5.85. The summed E-state index contributed by atoms with van der Waals surface area (Å²) in [5, 5.41) is 12.0. The number of aromatic nitrogens is 1. The molecule has 1 aromatic heterocycles. The van der Waals surface area contributed by atoms with E-state index in [1.165, 1.54) is 5.56 Å². The number of phenols is 1. The highest BCUT2D eigenvalue weighted by atomic mass is 16.5. The number of benzene rings is 2. The first-order valence-electron chi connectivity index (χ1n) is 9.14. The van der Waals surface area contributed by atoms with Crippen molar-refractivity contribution in [2.45, 2.75) is 32.1 Å². The highest BCUT2D eigenvalue weighted by Gasteiger charge is 2.31. The molecule has 1 fully saturated rings. The van der Waals surface area contributed by atoms with E-state index < -0.39 is 0 Å². The van der Waals surface area contributed by atoms with Crippen LogP contribution in [0.25, 0.3) is 10.9 Å². The van der Waals surface area contributed by atoms with Gasteiger partial charge in [-0.1, -0.05) is 48.5 Å². The zero-order valence-corrected chi connectivity index (χ0v) is 15.2. The predicted octanol–water partition coefficient (Wildman–Crippen LogP) is 4.14. The number of ether oxygens (including phenoxy) is 1. The molecule has 3 aromatic rings. The highest BCUT2D eigenvalue weighted by Crippen LogP contribution is 2.38. The van der Waals surface area contributed by atoms with E-state index in [1.807, 2.05) is 42.5 Å². The molecule has 0 radical (unpaired) electrons. The third-order valence-electron chi connectivity index (χ3n) is 5.00. The molecule has 4 rings (SSSR count). The molecule has 3 atom stereocenters. The van der Waals surface area contributed by atoms with Crippen molar-refractivity contribution in [1.29, 1.82) is 0 Å². The van der Waals surface area contributed by atoms with E-state index in [9.17, 15) is 5.11 Å². The van der Waals surface area contributed by atoms with Crippen LogP contribution in [0, 0.1) is 0 Å².